The van der Waals surface area contributed by atoms with E-state index in [1.165, 1.54) is 44.1 Å². The fourth-order valence-corrected chi connectivity index (χ4v) is 3.47. The van der Waals surface area contributed by atoms with Gasteiger partial charge in [0, 0.05) is 0 Å². The van der Waals surface area contributed by atoms with Gasteiger partial charge in [0.05, 0.1) is 11.7 Å². The Morgan fingerprint density at radius 2 is 2.11 bits per heavy atom. The zero-order valence-electron chi connectivity index (χ0n) is 12.1. The molecule has 1 spiro atoms. The van der Waals surface area contributed by atoms with Crippen molar-refractivity contribution in [2.75, 3.05) is 13.1 Å². The van der Waals surface area contributed by atoms with Crippen LogP contribution in [-0.4, -0.2) is 24.8 Å². The molecule has 1 aliphatic carbocycles. The van der Waals surface area contributed by atoms with Crippen molar-refractivity contribution in [2.45, 2.75) is 76.9 Å². The van der Waals surface area contributed by atoms with E-state index in [4.69, 9.17) is 4.74 Å². The molecule has 1 unspecified atom stereocenters. The number of hydrogen-bond acceptors (Lipinski definition) is 2. The second-order valence-corrected chi connectivity index (χ2v) is 6.07. The Kier molecular flexibility index (Phi) is 5.25. The van der Waals surface area contributed by atoms with Crippen LogP contribution in [0.1, 0.15) is 65.2 Å². The predicted molar refractivity (Wildman–Crippen MR) is 76.8 cm³/mol. The minimum absolute atomic E-state index is 0.300. The zero-order chi connectivity index (χ0) is 12.8. The van der Waals surface area contributed by atoms with Crippen molar-refractivity contribution in [3.63, 3.8) is 0 Å². The minimum atomic E-state index is 0.300. The van der Waals surface area contributed by atoms with Gasteiger partial charge in [-0.2, -0.15) is 0 Å². The molecule has 0 aromatic rings. The lowest BCUT2D eigenvalue weighted by molar-refractivity contribution is -0.0354. The van der Waals surface area contributed by atoms with Crippen molar-refractivity contribution in [3.8, 4) is 0 Å². The largest absolute Gasteiger partial charge is 0.371 e. The third-order valence-corrected chi connectivity index (χ3v) is 4.47. The van der Waals surface area contributed by atoms with Gasteiger partial charge in [0.2, 0.25) is 0 Å². The summed E-state index contributed by atoms with van der Waals surface area (Å²) in [5.74, 6) is 0. The lowest BCUT2D eigenvalue weighted by Gasteiger charge is -2.23. The van der Waals surface area contributed by atoms with E-state index in [2.05, 4.69) is 25.2 Å². The Morgan fingerprint density at radius 3 is 2.83 bits per heavy atom. The smallest absolute Gasteiger partial charge is 0.0687 e. The van der Waals surface area contributed by atoms with Crippen LogP contribution in [0.2, 0.25) is 0 Å². The molecule has 1 saturated heterocycles. The molecular weight excluding hydrogens is 222 g/mol. The van der Waals surface area contributed by atoms with E-state index >= 15 is 0 Å². The highest BCUT2D eigenvalue weighted by Crippen LogP contribution is 2.44. The summed E-state index contributed by atoms with van der Waals surface area (Å²) in [5, 5.41) is 3.36. The lowest BCUT2D eigenvalue weighted by Crippen LogP contribution is -2.24. The molecule has 1 aliphatic heterocycles. The van der Waals surface area contributed by atoms with Crippen LogP contribution in [0.4, 0.5) is 0 Å². The van der Waals surface area contributed by atoms with Crippen LogP contribution in [-0.2, 0) is 4.74 Å². The standard InChI is InChI=1S/C16H29NO/c1-3-17-12-6-7-14(2)13-15-8-11-16(18-15)9-4-5-10-16/h7,15,17H,3-6,8-13H2,1-2H3/b14-7-. The van der Waals surface area contributed by atoms with Crippen LogP contribution in [0.3, 0.4) is 0 Å². The second kappa shape index (κ2) is 6.72. The van der Waals surface area contributed by atoms with E-state index in [0.717, 1.165) is 25.9 Å². The average Bonchev–Trinajstić information content (AvgIpc) is 2.96. The predicted octanol–water partition coefficient (Wildman–Crippen LogP) is 3.81. The molecule has 2 fully saturated rings. The molecule has 1 heterocycles. The van der Waals surface area contributed by atoms with Crippen molar-refractivity contribution in [1.82, 2.24) is 5.32 Å². The quantitative estimate of drug-likeness (QED) is 0.572. The number of ether oxygens (including phenoxy) is 1. The molecule has 1 atom stereocenters. The van der Waals surface area contributed by atoms with Gasteiger partial charge in [0.25, 0.3) is 0 Å². The van der Waals surface area contributed by atoms with Crippen molar-refractivity contribution in [1.29, 1.82) is 0 Å². The van der Waals surface area contributed by atoms with Gasteiger partial charge in [0.15, 0.2) is 0 Å². The average molecular weight is 251 g/mol. The van der Waals surface area contributed by atoms with Gasteiger partial charge in [-0.05, 0) is 58.5 Å². The Balaban J connectivity index is 1.70. The fourth-order valence-electron chi connectivity index (χ4n) is 3.47. The Bertz CT molecular complexity index is 279. The summed E-state index contributed by atoms with van der Waals surface area (Å²) in [4.78, 5) is 0. The van der Waals surface area contributed by atoms with Crippen molar-refractivity contribution in [2.24, 2.45) is 0 Å². The normalized spacial score (nSPS) is 27.2. The summed E-state index contributed by atoms with van der Waals surface area (Å²) in [6.07, 6.45) is 13.1. The maximum absolute atomic E-state index is 6.35. The summed E-state index contributed by atoms with van der Waals surface area (Å²) < 4.78 is 6.35. The first kappa shape index (κ1) is 14.1. The molecule has 0 aromatic heterocycles. The van der Waals surface area contributed by atoms with Crippen molar-refractivity contribution < 1.29 is 4.74 Å². The SMILES string of the molecule is CCNCC/C=C(/C)CC1CCC2(CCCC2)O1. The monoisotopic (exact) mass is 251 g/mol. The Hall–Kier alpha value is -0.340. The van der Waals surface area contributed by atoms with E-state index in [9.17, 15) is 0 Å². The third-order valence-electron chi connectivity index (χ3n) is 4.47. The highest BCUT2D eigenvalue weighted by molar-refractivity contribution is 5.03. The van der Waals surface area contributed by atoms with Crippen molar-refractivity contribution >= 4 is 0 Å². The van der Waals surface area contributed by atoms with E-state index < -0.39 is 0 Å². The van der Waals surface area contributed by atoms with Gasteiger partial charge in [-0.1, -0.05) is 31.4 Å². The maximum Gasteiger partial charge on any atom is 0.0687 e. The topological polar surface area (TPSA) is 21.3 Å². The molecule has 18 heavy (non-hydrogen) atoms. The summed E-state index contributed by atoms with van der Waals surface area (Å²) in [7, 11) is 0. The van der Waals surface area contributed by atoms with Gasteiger partial charge in [0.1, 0.15) is 0 Å². The molecule has 0 aromatic carbocycles. The molecule has 1 saturated carbocycles. The molecule has 2 heteroatoms. The molecule has 2 nitrogen and oxygen atoms in total. The number of rotatable bonds is 6. The van der Waals surface area contributed by atoms with Crippen molar-refractivity contribution in [3.05, 3.63) is 11.6 Å². The first-order valence-corrected chi connectivity index (χ1v) is 7.78. The minimum Gasteiger partial charge on any atom is -0.371 e. The zero-order valence-corrected chi connectivity index (χ0v) is 12.1. The highest BCUT2D eigenvalue weighted by Gasteiger charge is 2.41. The summed E-state index contributed by atoms with van der Waals surface area (Å²) in [6, 6.07) is 0. The second-order valence-electron chi connectivity index (χ2n) is 6.07. The molecule has 2 aliphatic rings. The van der Waals surface area contributed by atoms with Crippen LogP contribution in [0.5, 0.6) is 0 Å². The van der Waals surface area contributed by atoms with Gasteiger partial charge in [-0.15, -0.1) is 0 Å². The van der Waals surface area contributed by atoms with Crippen LogP contribution < -0.4 is 5.32 Å². The third kappa shape index (κ3) is 3.83. The van der Waals surface area contributed by atoms with E-state index in [1.54, 1.807) is 0 Å². The van der Waals surface area contributed by atoms with Crippen LogP contribution in [0, 0.1) is 0 Å². The van der Waals surface area contributed by atoms with Crippen LogP contribution in [0.15, 0.2) is 11.6 Å². The number of nitrogens with one attached hydrogen (secondary N) is 1. The Morgan fingerprint density at radius 1 is 1.33 bits per heavy atom. The van der Waals surface area contributed by atoms with Gasteiger partial charge >= 0.3 is 0 Å². The van der Waals surface area contributed by atoms with E-state index in [0.29, 0.717) is 11.7 Å². The molecular formula is C16H29NO. The summed E-state index contributed by atoms with van der Waals surface area (Å²) in [5.41, 5.74) is 1.81. The molecule has 104 valence electrons. The van der Waals surface area contributed by atoms with E-state index in [1.807, 2.05) is 0 Å². The summed E-state index contributed by atoms with van der Waals surface area (Å²) in [6.45, 7) is 6.59. The first-order chi connectivity index (χ1) is 8.74. The molecule has 2 rings (SSSR count). The van der Waals surface area contributed by atoms with Crippen LogP contribution >= 0.6 is 0 Å². The molecule has 0 bridgehead atoms. The maximum atomic E-state index is 6.35. The Labute approximate surface area is 112 Å². The molecule has 0 radical (unpaired) electrons. The lowest BCUT2D eigenvalue weighted by atomic mass is 9.97. The van der Waals surface area contributed by atoms with Gasteiger partial charge < -0.3 is 10.1 Å². The molecule has 1 N–H and O–H groups in total. The van der Waals surface area contributed by atoms with Crippen LogP contribution in [0.25, 0.3) is 0 Å². The summed E-state index contributed by atoms with van der Waals surface area (Å²) >= 11 is 0. The molecule has 0 amide bonds. The van der Waals surface area contributed by atoms with Gasteiger partial charge in [-0.3, -0.25) is 0 Å². The highest BCUT2D eigenvalue weighted by atomic mass is 16.5. The van der Waals surface area contributed by atoms with Gasteiger partial charge in [-0.25, -0.2) is 0 Å². The fraction of sp³-hybridized carbons (Fsp3) is 0.875. The first-order valence-electron chi connectivity index (χ1n) is 7.78. The van der Waals surface area contributed by atoms with E-state index in [-0.39, 0.29) is 0 Å². The number of hydrogen-bond donors (Lipinski definition) is 1.